The van der Waals surface area contributed by atoms with E-state index < -0.39 is 6.04 Å². The molecule has 0 spiro atoms. The van der Waals surface area contributed by atoms with Crippen molar-refractivity contribution in [3.05, 3.63) is 71.8 Å². The van der Waals surface area contributed by atoms with E-state index >= 15 is 0 Å². The highest BCUT2D eigenvalue weighted by atomic mass is 16.7. The summed E-state index contributed by atoms with van der Waals surface area (Å²) in [7, 11) is 0. The van der Waals surface area contributed by atoms with Crippen molar-refractivity contribution in [2.24, 2.45) is 0 Å². The largest absolute Gasteiger partial charge is 0.342 e. The summed E-state index contributed by atoms with van der Waals surface area (Å²) in [6.45, 7) is 0.726. The third-order valence-corrected chi connectivity index (χ3v) is 3.66. The summed E-state index contributed by atoms with van der Waals surface area (Å²) in [6, 6.07) is 18.6. The first-order valence-corrected chi connectivity index (χ1v) is 7.54. The summed E-state index contributed by atoms with van der Waals surface area (Å²) in [5, 5.41) is 4.02. The van der Waals surface area contributed by atoms with Crippen LogP contribution < -0.4 is 5.32 Å². The Bertz CT molecular complexity index is 673. The van der Waals surface area contributed by atoms with Crippen molar-refractivity contribution >= 4 is 11.8 Å². The standard InChI is InChI=1S/C18H18N2O3/c21-17(11-14-7-3-1-4-8-14)19-16-12-20(18(16)22)23-13-15-9-5-2-6-10-15/h1-10,16H,11-13H2,(H,19,21). The number of hydrogen-bond donors (Lipinski definition) is 1. The number of hydrogen-bond acceptors (Lipinski definition) is 3. The number of carbonyl (C=O) groups excluding carboxylic acids is 2. The molecule has 1 fully saturated rings. The summed E-state index contributed by atoms with van der Waals surface area (Å²) in [5.74, 6) is -0.361. The van der Waals surface area contributed by atoms with Crippen molar-refractivity contribution in [2.75, 3.05) is 6.54 Å². The Balaban J connectivity index is 1.42. The quantitative estimate of drug-likeness (QED) is 0.826. The predicted molar refractivity (Wildman–Crippen MR) is 85.0 cm³/mol. The van der Waals surface area contributed by atoms with Crippen LogP contribution in [0.3, 0.4) is 0 Å². The fraction of sp³-hybridized carbons (Fsp3) is 0.222. The molecule has 0 radical (unpaired) electrons. The van der Waals surface area contributed by atoms with E-state index in [1.54, 1.807) is 0 Å². The van der Waals surface area contributed by atoms with E-state index in [0.717, 1.165) is 11.1 Å². The second-order valence-corrected chi connectivity index (χ2v) is 5.44. The minimum Gasteiger partial charge on any atom is -0.342 e. The lowest BCUT2D eigenvalue weighted by molar-refractivity contribution is -0.219. The van der Waals surface area contributed by atoms with E-state index in [1.807, 2.05) is 60.7 Å². The molecular formula is C18H18N2O3. The van der Waals surface area contributed by atoms with Crippen LogP contribution in [0.1, 0.15) is 11.1 Å². The second-order valence-electron chi connectivity index (χ2n) is 5.44. The zero-order chi connectivity index (χ0) is 16.1. The molecule has 5 nitrogen and oxygen atoms in total. The van der Waals surface area contributed by atoms with Crippen LogP contribution in [-0.4, -0.2) is 29.5 Å². The molecular weight excluding hydrogens is 292 g/mol. The van der Waals surface area contributed by atoms with Crippen LogP contribution in [0.4, 0.5) is 0 Å². The smallest absolute Gasteiger partial charge is 0.270 e. The molecule has 1 saturated heterocycles. The number of nitrogens with zero attached hydrogens (tertiary/aromatic N) is 1. The van der Waals surface area contributed by atoms with Crippen LogP contribution in [0.5, 0.6) is 0 Å². The zero-order valence-electron chi connectivity index (χ0n) is 12.6. The molecule has 2 aromatic carbocycles. The molecule has 1 heterocycles. The molecule has 1 aliphatic heterocycles. The van der Waals surface area contributed by atoms with Crippen molar-refractivity contribution in [1.82, 2.24) is 10.4 Å². The van der Waals surface area contributed by atoms with E-state index in [9.17, 15) is 9.59 Å². The third-order valence-electron chi connectivity index (χ3n) is 3.66. The molecule has 5 heteroatoms. The number of rotatable bonds is 6. The molecule has 1 atom stereocenters. The number of amides is 2. The van der Waals surface area contributed by atoms with Gasteiger partial charge < -0.3 is 5.32 Å². The number of benzene rings is 2. The molecule has 1 N–H and O–H groups in total. The molecule has 0 aromatic heterocycles. The number of carbonyl (C=O) groups is 2. The van der Waals surface area contributed by atoms with Gasteiger partial charge in [0.25, 0.3) is 5.91 Å². The van der Waals surface area contributed by atoms with Crippen molar-refractivity contribution < 1.29 is 14.4 Å². The van der Waals surface area contributed by atoms with E-state index in [0.29, 0.717) is 13.2 Å². The second kappa shape index (κ2) is 7.07. The first-order valence-electron chi connectivity index (χ1n) is 7.54. The minimum atomic E-state index is -0.484. The Kier molecular flexibility index (Phi) is 4.68. The lowest BCUT2D eigenvalue weighted by atomic mass is 10.1. The number of β-lactam (4-membered cyclic amide) rings is 1. The molecule has 1 aliphatic rings. The highest BCUT2D eigenvalue weighted by molar-refractivity contribution is 5.92. The van der Waals surface area contributed by atoms with Crippen LogP contribution in [0.2, 0.25) is 0 Å². The normalized spacial score (nSPS) is 16.8. The summed E-state index contributed by atoms with van der Waals surface area (Å²) in [5.41, 5.74) is 1.92. The predicted octanol–water partition coefficient (Wildman–Crippen LogP) is 1.69. The van der Waals surface area contributed by atoms with Gasteiger partial charge in [-0.15, -0.1) is 0 Å². The van der Waals surface area contributed by atoms with Crippen LogP contribution in [0, 0.1) is 0 Å². The molecule has 3 rings (SSSR count). The Morgan fingerprint density at radius 3 is 2.26 bits per heavy atom. The molecule has 1 unspecified atom stereocenters. The van der Waals surface area contributed by atoms with E-state index in [4.69, 9.17) is 4.84 Å². The minimum absolute atomic E-state index is 0.155. The average molecular weight is 310 g/mol. The molecule has 0 saturated carbocycles. The fourth-order valence-corrected chi connectivity index (χ4v) is 2.37. The van der Waals surface area contributed by atoms with Gasteiger partial charge in [0, 0.05) is 0 Å². The van der Waals surface area contributed by atoms with Gasteiger partial charge in [-0.2, -0.15) is 0 Å². The van der Waals surface area contributed by atoms with Crippen molar-refractivity contribution in [3.63, 3.8) is 0 Å². The summed E-state index contributed by atoms with van der Waals surface area (Å²) < 4.78 is 0. The van der Waals surface area contributed by atoms with Gasteiger partial charge in [0.1, 0.15) is 12.6 Å². The van der Waals surface area contributed by atoms with Crippen molar-refractivity contribution in [2.45, 2.75) is 19.1 Å². The molecule has 23 heavy (non-hydrogen) atoms. The van der Waals surface area contributed by atoms with Gasteiger partial charge in [-0.3, -0.25) is 14.4 Å². The number of nitrogens with one attached hydrogen (secondary N) is 1. The Hall–Kier alpha value is -2.66. The van der Waals surface area contributed by atoms with Gasteiger partial charge in [0.2, 0.25) is 5.91 Å². The third kappa shape index (κ3) is 3.96. The van der Waals surface area contributed by atoms with Gasteiger partial charge >= 0.3 is 0 Å². The van der Waals surface area contributed by atoms with Gasteiger partial charge in [-0.05, 0) is 11.1 Å². The van der Waals surface area contributed by atoms with E-state index in [-0.39, 0.29) is 18.2 Å². The SMILES string of the molecule is O=C(Cc1ccccc1)NC1CN(OCc2ccccc2)C1=O. The van der Waals surface area contributed by atoms with Gasteiger partial charge in [0.05, 0.1) is 13.0 Å². The highest BCUT2D eigenvalue weighted by Gasteiger charge is 2.38. The topological polar surface area (TPSA) is 58.6 Å². The van der Waals surface area contributed by atoms with Crippen LogP contribution in [0.25, 0.3) is 0 Å². The van der Waals surface area contributed by atoms with Crippen LogP contribution in [0.15, 0.2) is 60.7 Å². The maximum atomic E-state index is 12.0. The Labute approximate surface area is 134 Å². The lowest BCUT2D eigenvalue weighted by Gasteiger charge is -2.37. The van der Waals surface area contributed by atoms with E-state index in [2.05, 4.69) is 5.32 Å². The van der Waals surface area contributed by atoms with Crippen molar-refractivity contribution in [3.8, 4) is 0 Å². The first kappa shape index (κ1) is 15.2. The van der Waals surface area contributed by atoms with Gasteiger partial charge in [-0.25, -0.2) is 5.06 Å². The van der Waals surface area contributed by atoms with Gasteiger partial charge in [0.15, 0.2) is 0 Å². The molecule has 2 aromatic rings. The number of hydroxylamine groups is 2. The van der Waals surface area contributed by atoms with Gasteiger partial charge in [-0.1, -0.05) is 60.7 Å². The highest BCUT2D eigenvalue weighted by Crippen LogP contribution is 2.13. The zero-order valence-corrected chi connectivity index (χ0v) is 12.6. The van der Waals surface area contributed by atoms with Crippen molar-refractivity contribution in [1.29, 1.82) is 0 Å². The summed E-state index contributed by atoms with van der Waals surface area (Å²) in [4.78, 5) is 29.3. The molecule has 2 amide bonds. The Morgan fingerprint density at radius 2 is 1.65 bits per heavy atom. The maximum Gasteiger partial charge on any atom is 0.270 e. The fourth-order valence-electron chi connectivity index (χ4n) is 2.37. The summed E-state index contributed by atoms with van der Waals surface area (Å²) in [6.07, 6.45) is 0.273. The average Bonchev–Trinajstić information content (AvgIpc) is 2.59. The van der Waals surface area contributed by atoms with Crippen LogP contribution in [-0.2, 0) is 27.5 Å². The maximum absolute atomic E-state index is 12.0. The van der Waals surface area contributed by atoms with Crippen LogP contribution >= 0.6 is 0 Å². The molecule has 118 valence electrons. The van der Waals surface area contributed by atoms with E-state index in [1.165, 1.54) is 5.06 Å². The monoisotopic (exact) mass is 310 g/mol. The lowest BCUT2D eigenvalue weighted by Crippen LogP contribution is -2.63. The Morgan fingerprint density at radius 1 is 1.04 bits per heavy atom. The first-order chi connectivity index (χ1) is 11.2. The molecule has 0 aliphatic carbocycles. The summed E-state index contributed by atoms with van der Waals surface area (Å²) >= 11 is 0. The molecule has 0 bridgehead atoms.